The van der Waals surface area contributed by atoms with Crippen molar-refractivity contribution in [3.05, 3.63) is 66.4 Å². The van der Waals surface area contributed by atoms with E-state index in [9.17, 15) is 14.4 Å². The van der Waals surface area contributed by atoms with Gasteiger partial charge in [-0.3, -0.25) is 14.4 Å². The number of anilines is 1. The van der Waals surface area contributed by atoms with Crippen molar-refractivity contribution in [1.29, 1.82) is 0 Å². The largest absolute Gasteiger partial charge is 0.354 e. The lowest BCUT2D eigenvalue weighted by Crippen LogP contribution is -2.38. The Morgan fingerprint density at radius 1 is 1.00 bits per heavy atom. The Morgan fingerprint density at radius 3 is 2.47 bits per heavy atom. The molecule has 7 nitrogen and oxygen atoms in total. The van der Waals surface area contributed by atoms with E-state index in [4.69, 9.17) is 0 Å². The topological polar surface area (TPSA) is 83.4 Å². The van der Waals surface area contributed by atoms with Crippen LogP contribution in [0.4, 0.5) is 5.69 Å². The second-order valence-electron chi connectivity index (χ2n) is 7.44. The van der Waals surface area contributed by atoms with Gasteiger partial charge in [0.15, 0.2) is 0 Å². The van der Waals surface area contributed by atoms with Crippen molar-refractivity contribution >= 4 is 34.3 Å². The molecule has 0 unspecified atom stereocenters. The first-order valence-corrected chi connectivity index (χ1v) is 10.0. The van der Waals surface area contributed by atoms with E-state index < -0.39 is 0 Å². The number of rotatable bonds is 6. The van der Waals surface area contributed by atoms with Gasteiger partial charge >= 0.3 is 0 Å². The number of aromatic nitrogens is 1. The number of aryl methyl sites for hydroxylation is 1. The molecule has 1 saturated heterocycles. The van der Waals surface area contributed by atoms with Crippen molar-refractivity contribution in [2.24, 2.45) is 13.0 Å². The smallest absolute Gasteiger partial charge is 0.267 e. The Balaban J connectivity index is 1.26. The summed E-state index contributed by atoms with van der Waals surface area (Å²) in [5.74, 6) is -0.785. The number of carbonyl (C=O) groups excluding carboxylic acids is 3. The van der Waals surface area contributed by atoms with Crippen LogP contribution in [-0.2, 0) is 16.6 Å². The fourth-order valence-electron chi connectivity index (χ4n) is 3.84. The molecular formula is C23H24N4O3. The number of para-hydroxylation sites is 2. The van der Waals surface area contributed by atoms with E-state index in [1.54, 1.807) is 4.90 Å². The predicted molar refractivity (Wildman–Crippen MR) is 115 cm³/mol. The monoisotopic (exact) mass is 404 g/mol. The van der Waals surface area contributed by atoms with Crippen molar-refractivity contribution in [2.75, 3.05) is 24.5 Å². The zero-order chi connectivity index (χ0) is 21.1. The zero-order valence-electron chi connectivity index (χ0n) is 16.8. The molecule has 1 atom stereocenters. The molecule has 3 amide bonds. The quantitative estimate of drug-likeness (QED) is 0.617. The first kappa shape index (κ1) is 19.7. The van der Waals surface area contributed by atoms with Crippen LogP contribution in [0.3, 0.4) is 0 Å². The summed E-state index contributed by atoms with van der Waals surface area (Å²) in [7, 11) is 1.86. The van der Waals surface area contributed by atoms with Gasteiger partial charge in [0.1, 0.15) is 5.69 Å². The lowest BCUT2D eigenvalue weighted by molar-refractivity contribution is -0.126. The fourth-order valence-corrected chi connectivity index (χ4v) is 3.84. The molecule has 4 rings (SSSR count). The number of benzene rings is 2. The summed E-state index contributed by atoms with van der Waals surface area (Å²) in [6.07, 6.45) is 0.197. The third-order valence-electron chi connectivity index (χ3n) is 5.46. The van der Waals surface area contributed by atoms with Crippen LogP contribution in [-0.4, -0.2) is 41.9 Å². The van der Waals surface area contributed by atoms with Crippen molar-refractivity contribution in [3.8, 4) is 0 Å². The van der Waals surface area contributed by atoms with Crippen LogP contribution in [0, 0.1) is 5.92 Å². The second-order valence-corrected chi connectivity index (χ2v) is 7.44. The summed E-state index contributed by atoms with van der Waals surface area (Å²) in [6, 6.07) is 19.0. The van der Waals surface area contributed by atoms with Crippen LogP contribution in [0.15, 0.2) is 60.7 Å². The lowest BCUT2D eigenvalue weighted by Gasteiger charge is -2.16. The summed E-state index contributed by atoms with van der Waals surface area (Å²) < 4.78 is 1.85. The highest BCUT2D eigenvalue weighted by Crippen LogP contribution is 2.24. The average Bonchev–Trinajstić information content (AvgIpc) is 3.32. The van der Waals surface area contributed by atoms with Crippen LogP contribution in [0.1, 0.15) is 16.9 Å². The first-order chi connectivity index (χ1) is 14.5. The van der Waals surface area contributed by atoms with E-state index in [2.05, 4.69) is 10.6 Å². The van der Waals surface area contributed by atoms with Crippen molar-refractivity contribution in [2.45, 2.75) is 6.42 Å². The number of carbonyl (C=O) groups is 3. The van der Waals surface area contributed by atoms with Gasteiger partial charge in [-0.15, -0.1) is 0 Å². The Morgan fingerprint density at radius 2 is 1.70 bits per heavy atom. The van der Waals surface area contributed by atoms with Crippen molar-refractivity contribution in [3.63, 3.8) is 0 Å². The summed E-state index contributed by atoms with van der Waals surface area (Å²) in [5, 5.41) is 6.67. The fraction of sp³-hybridized carbons (Fsp3) is 0.261. The maximum Gasteiger partial charge on any atom is 0.267 e. The van der Waals surface area contributed by atoms with Crippen LogP contribution < -0.4 is 15.5 Å². The van der Waals surface area contributed by atoms with Gasteiger partial charge in [0.2, 0.25) is 11.8 Å². The molecule has 1 aromatic heterocycles. The Bertz CT molecular complexity index is 1090. The standard InChI is InChI=1S/C23H24N4O3/c1-26-19-10-6-5-7-16(19)13-20(26)23(30)25-12-11-24-22(29)17-14-21(28)27(15-17)18-8-3-2-4-9-18/h2-10,13,17H,11-12,14-15H2,1H3,(H,24,29)(H,25,30)/t17-/m0/s1. The first-order valence-electron chi connectivity index (χ1n) is 10.0. The van der Waals surface area contributed by atoms with E-state index in [1.165, 1.54) is 0 Å². The molecule has 0 radical (unpaired) electrons. The summed E-state index contributed by atoms with van der Waals surface area (Å²) in [5.41, 5.74) is 2.37. The molecule has 3 aromatic rings. The average molecular weight is 404 g/mol. The molecule has 1 fully saturated rings. The molecule has 2 N–H and O–H groups in total. The van der Waals surface area contributed by atoms with Gasteiger partial charge in [-0.1, -0.05) is 36.4 Å². The molecule has 30 heavy (non-hydrogen) atoms. The molecular weight excluding hydrogens is 380 g/mol. The van der Waals surface area contributed by atoms with E-state index in [0.29, 0.717) is 25.3 Å². The SMILES string of the molecule is Cn1c(C(=O)NCCNC(=O)[C@H]2CC(=O)N(c3ccccc3)C2)cc2ccccc21. The summed E-state index contributed by atoms with van der Waals surface area (Å²) in [4.78, 5) is 38.8. The van der Waals surface area contributed by atoms with E-state index in [-0.39, 0.29) is 30.1 Å². The van der Waals surface area contributed by atoms with Crippen molar-refractivity contribution in [1.82, 2.24) is 15.2 Å². The maximum absolute atomic E-state index is 12.5. The third-order valence-corrected chi connectivity index (χ3v) is 5.46. The van der Waals surface area contributed by atoms with Crippen LogP contribution >= 0.6 is 0 Å². The number of nitrogens with one attached hydrogen (secondary N) is 2. The maximum atomic E-state index is 12.5. The van der Waals surface area contributed by atoms with E-state index >= 15 is 0 Å². The molecule has 2 aromatic carbocycles. The molecule has 1 aliphatic rings. The van der Waals surface area contributed by atoms with Gasteiger partial charge in [-0.2, -0.15) is 0 Å². The highest BCUT2D eigenvalue weighted by molar-refractivity contribution is 6.00. The van der Waals surface area contributed by atoms with Gasteiger partial charge in [0.05, 0.1) is 5.92 Å². The Labute approximate surface area is 174 Å². The van der Waals surface area contributed by atoms with Gasteiger partial charge in [0, 0.05) is 49.7 Å². The molecule has 7 heteroatoms. The van der Waals surface area contributed by atoms with Gasteiger partial charge in [0.25, 0.3) is 5.91 Å². The second kappa shape index (κ2) is 8.41. The Hall–Kier alpha value is -3.61. The molecule has 1 aliphatic heterocycles. The van der Waals surface area contributed by atoms with Gasteiger partial charge in [-0.25, -0.2) is 0 Å². The van der Waals surface area contributed by atoms with Crippen molar-refractivity contribution < 1.29 is 14.4 Å². The molecule has 0 bridgehead atoms. The van der Waals surface area contributed by atoms with Gasteiger partial charge < -0.3 is 20.1 Å². The summed E-state index contributed by atoms with van der Waals surface area (Å²) >= 11 is 0. The highest BCUT2D eigenvalue weighted by atomic mass is 16.2. The van der Waals surface area contributed by atoms with Gasteiger partial charge in [-0.05, 0) is 24.3 Å². The normalized spacial score (nSPS) is 16.1. The number of nitrogens with zero attached hydrogens (tertiary/aromatic N) is 2. The highest BCUT2D eigenvalue weighted by Gasteiger charge is 2.34. The van der Waals surface area contributed by atoms with E-state index in [1.807, 2.05) is 72.3 Å². The number of hydrogen-bond acceptors (Lipinski definition) is 3. The minimum atomic E-state index is -0.383. The molecule has 154 valence electrons. The minimum Gasteiger partial charge on any atom is -0.354 e. The molecule has 0 aliphatic carbocycles. The Kier molecular flexibility index (Phi) is 5.52. The lowest BCUT2D eigenvalue weighted by atomic mass is 10.1. The number of amides is 3. The van der Waals surface area contributed by atoms with E-state index in [0.717, 1.165) is 16.6 Å². The third kappa shape index (κ3) is 3.91. The number of hydrogen-bond donors (Lipinski definition) is 2. The minimum absolute atomic E-state index is 0.0505. The van der Waals surface area contributed by atoms with Crippen LogP contribution in [0.2, 0.25) is 0 Å². The predicted octanol–water partition coefficient (Wildman–Crippen LogP) is 2.08. The molecule has 0 saturated carbocycles. The summed E-state index contributed by atoms with van der Waals surface area (Å²) in [6.45, 7) is 0.997. The van der Waals surface area contributed by atoms with Crippen LogP contribution in [0.5, 0.6) is 0 Å². The zero-order valence-corrected chi connectivity index (χ0v) is 16.8. The number of fused-ring (bicyclic) bond motifs is 1. The molecule has 0 spiro atoms. The molecule has 2 heterocycles. The van der Waals surface area contributed by atoms with Crippen LogP contribution in [0.25, 0.3) is 10.9 Å².